The van der Waals surface area contributed by atoms with Crippen LogP contribution in [-0.2, 0) is 18.3 Å². The van der Waals surface area contributed by atoms with Gasteiger partial charge in [-0.25, -0.2) is 4.21 Å². The normalized spacial score (nSPS) is 13.0. The standard InChI is InChI=1S/C7H13N3O2S/c1-5-7(10(4)13(11)12)6(2)9(3)8-5/h1-4H3,(H,11,12). The number of aryl methyl sites for hydroxylation is 2. The highest BCUT2D eigenvalue weighted by molar-refractivity contribution is 7.80. The Bertz CT molecular complexity index is 348. The van der Waals surface area contributed by atoms with Crippen molar-refractivity contribution >= 4 is 17.0 Å². The van der Waals surface area contributed by atoms with Crippen LogP contribution in [0.15, 0.2) is 0 Å². The predicted molar refractivity (Wildman–Crippen MR) is 51.9 cm³/mol. The molecule has 0 aliphatic rings. The van der Waals surface area contributed by atoms with Gasteiger partial charge < -0.3 is 0 Å². The van der Waals surface area contributed by atoms with Gasteiger partial charge in [0.15, 0.2) is 0 Å². The van der Waals surface area contributed by atoms with Crippen molar-refractivity contribution in [3.05, 3.63) is 11.4 Å². The number of hydrogen-bond donors (Lipinski definition) is 1. The zero-order chi connectivity index (χ0) is 10.2. The third-order valence-electron chi connectivity index (χ3n) is 2.02. The smallest absolute Gasteiger partial charge is 0.261 e. The lowest BCUT2D eigenvalue weighted by molar-refractivity contribution is 0.562. The minimum atomic E-state index is -1.99. The summed E-state index contributed by atoms with van der Waals surface area (Å²) in [4.78, 5) is 0. The second kappa shape index (κ2) is 3.47. The molecule has 1 heterocycles. The summed E-state index contributed by atoms with van der Waals surface area (Å²) in [5, 5.41) is 4.14. The first-order valence-electron chi connectivity index (χ1n) is 3.80. The molecule has 0 amide bonds. The summed E-state index contributed by atoms with van der Waals surface area (Å²) < 4.78 is 22.7. The Hall–Kier alpha value is -0.880. The van der Waals surface area contributed by atoms with Gasteiger partial charge in [0.25, 0.3) is 11.3 Å². The second-order valence-corrected chi connectivity index (χ2v) is 3.88. The minimum Gasteiger partial charge on any atom is -0.289 e. The summed E-state index contributed by atoms with van der Waals surface area (Å²) in [6.45, 7) is 3.67. The molecular weight excluding hydrogens is 190 g/mol. The van der Waals surface area contributed by atoms with Crippen LogP contribution in [0.5, 0.6) is 0 Å². The molecule has 0 radical (unpaired) electrons. The first-order chi connectivity index (χ1) is 5.95. The lowest BCUT2D eigenvalue weighted by atomic mass is 10.3. The number of hydrogen-bond acceptors (Lipinski definition) is 2. The van der Waals surface area contributed by atoms with Crippen LogP contribution in [0.3, 0.4) is 0 Å². The molecule has 1 rings (SSSR count). The Labute approximate surface area is 79.8 Å². The zero-order valence-corrected chi connectivity index (χ0v) is 8.92. The van der Waals surface area contributed by atoms with E-state index < -0.39 is 11.3 Å². The van der Waals surface area contributed by atoms with E-state index in [2.05, 4.69) is 5.10 Å². The van der Waals surface area contributed by atoms with Gasteiger partial charge in [-0.1, -0.05) is 0 Å². The summed E-state index contributed by atoms with van der Waals surface area (Å²) in [7, 11) is 3.37. The van der Waals surface area contributed by atoms with E-state index in [1.54, 1.807) is 18.8 Å². The predicted octanol–water partition coefficient (Wildman–Crippen LogP) is 0.610. The van der Waals surface area contributed by atoms with Crippen LogP contribution in [0.1, 0.15) is 11.4 Å². The van der Waals surface area contributed by atoms with Crippen molar-refractivity contribution in [2.45, 2.75) is 13.8 Å². The Morgan fingerprint density at radius 3 is 2.38 bits per heavy atom. The van der Waals surface area contributed by atoms with Gasteiger partial charge in [0, 0.05) is 14.1 Å². The van der Waals surface area contributed by atoms with Crippen LogP contribution in [0.2, 0.25) is 0 Å². The molecule has 74 valence electrons. The molecule has 1 atom stereocenters. The SMILES string of the molecule is Cc1nn(C)c(C)c1N(C)S(=O)O. The maximum absolute atomic E-state index is 10.8. The van der Waals surface area contributed by atoms with Gasteiger partial charge in [0.05, 0.1) is 17.1 Å². The molecule has 0 saturated heterocycles. The number of rotatable bonds is 2. The average molecular weight is 203 g/mol. The molecule has 1 aromatic rings. The van der Waals surface area contributed by atoms with E-state index in [-0.39, 0.29) is 0 Å². The summed E-state index contributed by atoms with van der Waals surface area (Å²) in [5.41, 5.74) is 2.34. The Kier molecular flexibility index (Phi) is 2.72. The molecule has 6 heteroatoms. The second-order valence-electron chi connectivity index (χ2n) is 2.87. The largest absolute Gasteiger partial charge is 0.289 e. The molecule has 0 aliphatic carbocycles. The first-order valence-corrected chi connectivity index (χ1v) is 4.86. The van der Waals surface area contributed by atoms with Gasteiger partial charge in [-0.2, -0.15) is 5.10 Å². The van der Waals surface area contributed by atoms with Crippen LogP contribution in [0.4, 0.5) is 5.69 Å². The van der Waals surface area contributed by atoms with Gasteiger partial charge in [0.1, 0.15) is 0 Å². The van der Waals surface area contributed by atoms with Gasteiger partial charge in [-0.15, -0.1) is 0 Å². The van der Waals surface area contributed by atoms with Crippen molar-refractivity contribution in [3.63, 3.8) is 0 Å². The number of anilines is 1. The van der Waals surface area contributed by atoms with Gasteiger partial charge in [0.2, 0.25) is 0 Å². The molecule has 0 saturated carbocycles. The van der Waals surface area contributed by atoms with Crippen LogP contribution >= 0.6 is 0 Å². The maximum atomic E-state index is 10.8. The third kappa shape index (κ3) is 1.73. The van der Waals surface area contributed by atoms with Crippen molar-refractivity contribution in [1.29, 1.82) is 0 Å². The Morgan fingerprint density at radius 1 is 1.54 bits per heavy atom. The van der Waals surface area contributed by atoms with Crippen molar-refractivity contribution in [1.82, 2.24) is 9.78 Å². The monoisotopic (exact) mass is 203 g/mol. The van der Waals surface area contributed by atoms with Crippen LogP contribution in [0.25, 0.3) is 0 Å². The Morgan fingerprint density at radius 2 is 2.08 bits per heavy atom. The van der Waals surface area contributed by atoms with E-state index >= 15 is 0 Å². The molecule has 0 aromatic carbocycles. The van der Waals surface area contributed by atoms with Gasteiger partial charge in [-0.05, 0) is 13.8 Å². The molecule has 1 N–H and O–H groups in total. The van der Waals surface area contributed by atoms with Gasteiger partial charge in [-0.3, -0.25) is 13.5 Å². The van der Waals surface area contributed by atoms with E-state index in [9.17, 15) is 4.21 Å². The fraction of sp³-hybridized carbons (Fsp3) is 0.571. The van der Waals surface area contributed by atoms with E-state index in [4.69, 9.17) is 4.55 Å². The quantitative estimate of drug-likeness (QED) is 0.716. The lowest BCUT2D eigenvalue weighted by Gasteiger charge is -2.13. The van der Waals surface area contributed by atoms with E-state index in [1.807, 2.05) is 13.8 Å². The fourth-order valence-corrected chi connectivity index (χ4v) is 1.72. The lowest BCUT2D eigenvalue weighted by Crippen LogP contribution is -2.20. The molecular formula is C7H13N3O2S. The molecule has 1 aromatic heterocycles. The summed E-state index contributed by atoms with van der Waals surface area (Å²) in [6.07, 6.45) is 0. The highest BCUT2D eigenvalue weighted by Crippen LogP contribution is 2.22. The van der Waals surface area contributed by atoms with Crippen LogP contribution in [-0.4, -0.2) is 25.6 Å². The minimum absolute atomic E-state index is 0.711. The topological polar surface area (TPSA) is 58.4 Å². The molecule has 0 spiro atoms. The third-order valence-corrected chi connectivity index (χ3v) is 2.67. The maximum Gasteiger partial charge on any atom is 0.261 e. The highest BCUT2D eigenvalue weighted by Gasteiger charge is 2.16. The summed E-state index contributed by atoms with van der Waals surface area (Å²) in [6, 6.07) is 0. The average Bonchev–Trinajstić information content (AvgIpc) is 2.26. The Balaban J connectivity index is 3.20. The molecule has 0 aliphatic heterocycles. The van der Waals surface area contributed by atoms with E-state index in [0.29, 0.717) is 5.69 Å². The number of nitrogens with zero attached hydrogens (tertiary/aromatic N) is 3. The summed E-state index contributed by atoms with van der Waals surface area (Å²) >= 11 is -1.99. The number of aromatic nitrogens is 2. The zero-order valence-electron chi connectivity index (χ0n) is 8.11. The molecule has 1 unspecified atom stereocenters. The molecule has 13 heavy (non-hydrogen) atoms. The van der Waals surface area contributed by atoms with Gasteiger partial charge >= 0.3 is 0 Å². The van der Waals surface area contributed by atoms with Crippen molar-refractivity contribution in [2.24, 2.45) is 7.05 Å². The highest BCUT2D eigenvalue weighted by atomic mass is 32.2. The van der Waals surface area contributed by atoms with Crippen molar-refractivity contribution in [2.75, 3.05) is 11.4 Å². The molecule has 0 fully saturated rings. The molecule has 5 nitrogen and oxygen atoms in total. The van der Waals surface area contributed by atoms with E-state index in [1.165, 1.54) is 4.31 Å². The van der Waals surface area contributed by atoms with Crippen LogP contribution in [0, 0.1) is 13.8 Å². The van der Waals surface area contributed by atoms with Crippen molar-refractivity contribution in [3.8, 4) is 0 Å². The first kappa shape index (κ1) is 10.2. The van der Waals surface area contributed by atoms with Crippen LogP contribution < -0.4 is 4.31 Å². The van der Waals surface area contributed by atoms with E-state index in [0.717, 1.165) is 11.4 Å². The van der Waals surface area contributed by atoms with Crippen molar-refractivity contribution < 1.29 is 8.76 Å². The molecule has 0 bridgehead atoms. The fourth-order valence-electron chi connectivity index (χ4n) is 1.30. The summed E-state index contributed by atoms with van der Waals surface area (Å²) in [5.74, 6) is 0.